The van der Waals surface area contributed by atoms with Gasteiger partial charge in [-0.3, -0.25) is 4.98 Å². The van der Waals surface area contributed by atoms with Crippen molar-refractivity contribution in [1.82, 2.24) is 10.3 Å². The molecule has 0 bridgehead atoms. The lowest BCUT2D eigenvalue weighted by Gasteiger charge is -2.20. The highest BCUT2D eigenvalue weighted by Crippen LogP contribution is 2.29. The first-order valence-corrected chi connectivity index (χ1v) is 7.02. The summed E-state index contributed by atoms with van der Waals surface area (Å²) in [6.45, 7) is 2.97. The largest absolute Gasteiger partial charge is 0.495 e. The van der Waals surface area contributed by atoms with Crippen molar-refractivity contribution in [2.24, 2.45) is 0 Å². The normalized spacial score (nSPS) is 12.2. The number of ether oxygens (including phenoxy) is 1. The second-order valence-corrected chi connectivity index (χ2v) is 5.02. The third kappa shape index (κ3) is 3.33. The first-order chi connectivity index (χ1) is 9.26. The lowest BCUT2D eigenvalue weighted by Crippen LogP contribution is -2.22. The maximum absolute atomic E-state index is 5.25. The van der Waals surface area contributed by atoms with Gasteiger partial charge in [0.1, 0.15) is 5.75 Å². The van der Waals surface area contributed by atoms with Crippen molar-refractivity contribution in [3.05, 3.63) is 58.3 Å². The number of benzene rings is 1. The molecule has 1 atom stereocenters. The molecule has 0 radical (unpaired) electrons. The maximum atomic E-state index is 5.25. The van der Waals surface area contributed by atoms with Crippen LogP contribution in [0, 0.1) is 0 Å². The van der Waals surface area contributed by atoms with Crippen LogP contribution in [-0.2, 0) is 0 Å². The predicted molar refractivity (Wildman–Crippen MR) is 80.5 cm³/mol. The fourth-order valence-corrected chi connectivity index (χ4v) is 2.54. The molecule has 0 aliphatic rings. The van der Waals surface area contributed by atoms with Crippen LogP contribution in [0.2, 0.25) is 0 Å². The number of nitrogens with one attached hydrogen (secondary N) is 1. The smallest absolute Gasteiger partial charge is 0.137 e. The van der Waals surface area contributed by atoms with Gasteiger partial charge in [0, 0.05) is 10.7 Å². The van der Waals surface area contributed by atoms with E-state index in [0.29, 0.717) is 0 Å². The Kier molecular flexibility index (Phi) is 4.93. The lowest BCUT2D eigenvalue weighted by molar-refractivity contribution is 0.411. The quantitative estimate of drug-likeness (QED) is 0.914. The van der Waals surface area contributed by atoms with E-state index in [1.165, 1.54) is 5.56 Å². The summed E-state index contributed by atoms with van der Waals surface area (Å²) in [5.74, 6) is 0.771. The monoisotopic (exact) mass is 320 g/mol. The summed E-state index contributed by atoms with van der Waals surface area (Å²) in [5.41, 5.74) is 2.28. The van der Waals surface area contributed by atoms with Gasteiger partial charge in [0.15, 0.2) is 0 Å². The molecule has 4 heteroatoms. The van der Waals surface area contributed by atoms with E-state index in [1.807, 2.05) is 30.5 Å². The fraction of sp³-hybridized carbons (Fsp3) is 0.267. The molecule has 0 fully saturated rings. The average molecular weight is 321 g/mol. The molecule has 19 heavy (non-hydrogen) atoms. The second kappa shape index (κ2) is 6.68. The number of nitrogens with zero attached hydrogens (tertiary/aromatic N) is 1. The molecule has 2 rings (SSSR count). The molecule has 1 unspecified atom stereocenters. The lowest BCUT2D eigenvalue weighted by atomic mass is 10.00. The van der Waals surface area contributed by atoms with E-state index in [0.717, 1.165) is 22.3 Å². The van der Waals surface area contributed by atoms with Gasteiger partial charge >= 0.3 is 0 Å². The number of hydrogen-bond donors (Lipinski definition) is 1. The molecular weight excluding hydrogens is 304 g/mol. The molecule has 0 spiro atoms. The minimum atomic E-state index is 0.100. The summed E-state index contributed by atoms with van der Waals surface area (Å²) in [6.07, 6.45) is 3.59. The molecule has 0 saturated carbocycles. The van der Waals surface area contributed by atoms with Crippen molar-refractivity contribution in [2.75, 3.05) is 13.7 Å². The molecule has 0 amide bonds. The van der Waals surface area contributed by atoms with Crippen molar-refractivity contribution in [2.45, 2.75) is 13.0 Å². The third-order valence-corrected chi connectivity index (χ3v) is 3.65. The minimum Gasteiger partial charge on any atom is -0.495 e. The highest BCUT2D eigenvalue weighted by molar-refractivity contribution is 9.10. The van der Waals surface area contributed by atoms with Crippen LogP contribution < -0.4 is 10.1 Å². The summed E-state index contributed by atoms with van der Waals surface area (Å²) in [6, 6.07) is 10.3. The zero-order valence-electron chi connectivity index (χ0n) is 11.1. The number of hydrogen-bond acceptors (Lipinski definition) is 3. The zero-order chi connectivity index (χ0) is 13.7. The Labute approximate surface area is 122 Å². The van der Waals surface area contributed by atoms with E-state index >= 15 is 0 Å². The van der Waals surface area contributed by atoms with Crippen molar-refractivity contribution >= 4 is 15.9 Å². The maximum Gasteiger partial charge on any atom is 0.137 e. The molecule has 0 saturated heterocycles. The van der Waals surface area contributed by atoms with Crippen LogP contribution in [0.4, 0.5) is 0 Å². The molecule has 1 aromatic carbocycles. The highest BCUT2D eigenvalue weighted by atomic mass is 79.9. The number of aromatic nitrogens is 1. The van der Waals surface area contributed by atoms with E-state index in [4.69, 9.17) is 4.74 Å². The van der Waals surface area contributed by atoms with Crippen LogP contribution in [0.15, 0.2) is 47.2 Å². The van der Waals surface area contributed by atoms with Gasteiger partial charge in [0.25, 0.3) is 0 Å². The van der Waals surface area contributed by atoms with Gasteiger partial charge in [-0.15, -0.1) is 0 Å². The van der Waals surface area contributed by atoms with E-state index in [2.05, 4.69) is 39.2 Å². The molecule has 0 aliphatic carbocycles. The molecule has 2 aromatic rings. The van der Waals surface area contributed by atoms with Crippen LogP contribution in [0.3, 0.4) is 0 Å². The SMILES string of the molecule is CCNC(c1cncc(OC)c1)c1ccccc1Br. The van der Waals surface area contributed by atoms with Crippen molar-refractivity contribution < 1.29 is 4.74 Å². The van der Waals surface area contributed by atoms with Crippen molar-refractivity contribution in [1.29, 1.82) is 0 Å². The Bertz CT molecular complexity index is 545. The summed E-state index contributed by atoms with van der Waals surface area (Å²) in [4.78, 5) is 4.23. The van der Waals surface area contributed by atoms with Gasteiger partial charge < -0.3 is 10.1 Å². The first kappa shape index (κ1) is 14.0. The van der Waals surface area contributed by atoms with Gasteiger partial charge in [-0.1, -0.05) is 41.1 Å². The van der Waals surface area contributed by atoms with Crippen LogP contribution >= 0.6 is 15.9 Å². The second-order valence-electron chi connectivity index (χ2n) is 4.17. The van der Waals surface area contributed by atoms with Gasteiger partial charge in [-0.25, -0.2) is 0 Å². The minimum absolute atomic E-state index is 0.100. The highest BCUT2D eigenvalue weighted by Gasteiger charge is 2.16. The van der Waals surface area contributed by atoms with E-state index < -0.39 is 0 Å². The van der Waals surface area contributed by atoms with Crippen LogP contribution in [0.5, 0.6) is 5.75 Å². The van der Waals surface area contributed by atoms with Crippen LogP contribution in [0.1, 0.15) is 24.1 Å². The Morgan fingerprint density at radius 1 is 1.32 bits per heavy atom. The first-order valence-electron chi connectivity index (χ1n) is 6.23. The molecule has 100 valence electrons. The summed E-state index contributed by atoms with van der Waals surface area (Å²) in [5, 5.41) is 3.48. The predicted octanol–water partition coefficient (Wildman–Crippen LogP) is 3.55. The molecule has 1 N–H and O–H groups in total. The molecule has 1 heterocycles. The summed E-state index contributed by atoms with van der Waals surface area (Å²) in [7, 11) is 1.65. The molecular formula is C15H17BrN2O. The Balaban J connectivity index is 2.42. The molecule has 0 aliphatic heterocycles. The van der Waals surface area contributed by atoms with Gasteiger partial charge in [-0.2, -0.15) is 0 Å². The van der Waals surface area contributed by atoms with Gasteiger partial charge in [-0.05, 0) is 29.8 Å². The molecule has 3 nitrogen and oxygen atoms in total. The zero-order valence-corrected chi connectivity index (χ0v) is 12.6. The van der Waals surface area contributed by atoms with Crippen LogP contribution in [0.25, 0.3) is 0 Å². The Morgan fingerprint density at radius 2 is 2.11 bits per heavy atom. The number of rotatable bonds is 5. The van der Waals surface area contributed by atoms with Crippen molar-refractivity contribution in [3.63, 3.8) is 0 Å². The van der Waals surface area contributed by atoms with Crippen molar-refractivity contribution in [3.8, 4) is 5.75 Å². The van der Waals surface area contributed by atoms with E-state index in [-0.39, 0.29) is 6.04 Å². The Morgan fingerprint density at radius 3 is 2.79 bits per heavy atom. The third-order valence-electron chi connectivity index (χ3n) is 2.93. The average Bonchev–Trinajstić information content (AvgIpc) is 2.46. The van der Waals surface area contributed by atoms with Gasteiger partial charge in [0.05, 0.1) is 19.3 Å². The standard InChI is InChI=1S/C15H17BrN2O/c1-3-18-15(13-6-4-5-7-14(13)16)11-8-12(19-2)10-17-9-11/h4-10,15,18H,3H2,1-2H3. The summed E-state index contributed by atoms with van der Waals surface area (Å²) >= 11 is 3.61. The fourth-order valence-electron chi connectivity index (χ4n) is 2.03. The van der Waals surface area contributed by atoms with E-state index in [9.17, 15) is 0 Å². The van der Waals surface area contributed by atoms with Crippen LogP contribution in [-0.4, -0.2) is 18.6 Å². The Hall–Kier alpha value is -1.39. The number of halogens is 1. The van der Waals surface area contributed by atoms with E-state index in [1.54, 1.807) is 13.3 Å². The number of methoxy groups -OCH3 is 1. The summed E-state index contributed by atoms with van der Waals surface area (Å²) < 4.78 is 6.33. The molecule has 1 aromatic heterocycles. The van der Waals surface area contributed by atoms with Gasteiger partial charge in [0.2, 0.25) is 0 Å². The topological polar surface area (TPSA) is 34.2 Å². The number of pyridine rings is 1.